The maximum absolute atomic E-state index is 5.84. The van der Waals surface area contributed by atoms with Crippen LogP contribution in [0.5, 0.6) is 0 Å². The van der Waals surface area contributed by atoms with Crippen LogP contribution in [0.1, 0.15) is 39.0 Å². The lowest BCUT2D eigenvalue weighted by Crippen LogP contribution is -2.46. The fourth-order valence-corrected chi connectivity index (χ4v) is 3.27. The molecule has 0 bridgehead atoms. The highest BCUT2D eigenvalue weighted by Crippen LogP contribution is 2.21. The van der Waals surface area contributed by atoms with Gasteiger partial charge in [0.2, 0.25) is 0 Å². The van der Waals surface area contributed by atoms with Crippen molar-refractivity contribution in [1.82, 2.24) is 15.5 Å². The Morgan fingerprint density at radius 3 is 2.78 bits per heavy atom. The van der Waals surface area contributed by atoms with Crippen molar-refractivity contribution in [3.8, 4) is 0 Å². The van der Waals surface area contributed by atoms with Crippen LogP contribution in [0, 0.1) is 0 Å². The molecule has 6 nitrogen and oxygen atoms in total. The molecule has 0 amide bonds. The molecular formula is C17H34N4O2. The van der Waals surface area contributed by atoms with Crippen molar-refractivity contribution in [2.24, 2.45) is 4.99 Å². The largest absolute Gasteiger partial charge is 0.379 e. The zero-order valence-electron chi connectivity index (χ0n) is 15.0. The van der Waals surface area contributed by atoms with Gasteiger partial charge in [-0.05, 0) is 33.2 Å². The number of rotatable bonds is 8. The Morgan fingerprint density at radius 2 is 2.13 bits per heavy atom. The van der Waals surface area contributed by atoms with Crippen LogP contribution >= 0.6 is 0 Å². The topological polar surface area (TPSA) is 58.1 Å². The lowest BCUT2D eigenvalue weighted by Gasteiger charge is -2.25. The standard InChI is InChI=1S/C17H34N4O2/c1-14(12-23-16-8-11-22-13-16)20-17(18-2)19-9-10-21(3)15-6-4-5-7-15/h14-16H,4-13H2,1-3H3,(H2,18,19,20). The van der Waals surface area contributed by atoms with Gasteiger partial charge >= 0.3 is 0 Å². The van der Waals surface area contributed by atoms with Gasteiger partial charge in [0.25, 0.3) is 0 Å². The molecule has 2 unspecified atom stereocenters. The fraction of sp³-hybridized carbons (Fsp3) is 0.941. The van der Waals surface area contributed by atoms with Crippen molar-refractivity contribution < 1.29 is 9.47 Å². The number of aliphatic imine (C=N–C) groups is 1. The first-order valence-electron chi connectivity index (χ1n) is 9.06. The van der Waals surface area contributed by atoms with Crippen molar-refractivity contribution in [2.45, 2.75) is 57.2 Å². The zero-order valence-corrected chi connectivity index (χ0v) is 15.0. The summed E-state index contributed by atoms with van der Waals surface area (Å²) in [4.78, 5) is 6.77. The molecule has 1 heterocycles. The van der Waals surface area contributed by atoms with E-state index in [1.54, 1.807) is 0 Å². The Kier molecular flexibility index (Phi) is 8.12. The first-order valence-corrected chi connectivity index (χ1v) is 9.06. The van der Waals surface area contributed by atoms with E-state index in [9.17, 15) is 0 Å². The van der Waals surface area contributed by atoms with Gasteiger partial charge in [-0.2, -0.15) is 0 Å². The zero-order chi connectivity index (χ0) is 16.5. The van der Waals surface area contributed by atoms with E-state index in [0.29, 0.717) is 6.61 Å². The summed E-state index contributed by atoms with van der Waals surface area (Å²) in [6.45, 7) is 6.31. The lowest BCUT2D eigenvalue weighted by molar-refractivity contribution is 0.0347. The van der Waals surface area contributed by atoms with Crippen LogP contribution in [0.2, 0.25) is 0 Å². The molecule has 0 aromatic heterocycles. The molecule has 1 saturated carbocycles. The van der Waals surface area contributed by atoms with E-state index in [-0.39, 0.29) is 12.1 Å². The van der Waals surface area contributed by atoms with Gasteiger partial charge in [-0.3, -0.25) is 4.99 Å². The van der Waals surface area contributed by atoms with Crippen LogP contribution in [-0.4, -0.2) is 76.1 Å². The monoisotopic (exact) mass is 326 g/mol. The Hall–Kier alpha value is -0.850. The third-order valence-electron chi connectivity index (χ3n) is 4.78. The fourth-order valence-electron chi connectivity index (χ4n) is 3.27. The Labute approximate surface area is 141 Å². The molecule has 2 fully saturated rings. The molecule has 2 N–H and O–H groups in total. The van der Waals surface area contributed by atoms with Crippen molar-refractivity contribution in [1.29, 1.82) is 0 Å². The molecule has 0 radical (unpaired) electrons. The van der Waals surface area contributed by atoms with Gasteiger partial charge in [0, 0.05) is 38.8 Å². The molecule has 0 aromatic rings. The summed E-state index contributed by atoms with van der Waals surface area (Å²) in [5, 5.41) is 6.79. The predicted octanol–water partition coefficient (Wildman–Crippen LogP) is 1.22. The molecule has 2 atom stereocenters. The number of guanidine groups is 1. The van der Waals surface area contributed by atoms with Crippen molar-refractivity contribution >= 4 is 5.96 Å². The van der Waals surface area contributed by atoms with E-state index in [0.717, 1.165) is 44.7 Å². The maximum Gasteiger partial charge on any atom is 0.191 e. The van der Waals surface area contributed by atoms with Gasteiger partial charge in [-0.25, -0.2) is 0 Å². The smallest absolute Gasteiger partial charge is 0.191 e. The highest BCUT2D eigenvalue weighted by atomic mass is 16.5. The van der Waals surface area contributed by atoms with Crippen LogP contribution in [-0.2, 0) is 9.47 Å². The second-order valence-corrected chi connectivity index (χ2v) is 6.78. The number of nitrogens with one attached hydrogen (secondary N) is 2. The average Bonchev–Trinajstić information content (AvgIpc) is 3.24. The Morgan fingerprint density at radius 1 is 1.35 bits per heavy atom. The Bertz CT molecular complexity index is 353. The molecule has 1 aliphatic heterocycles. The average molecular weight is 326 g/mol. The van der Waals surface area contributed by atoms with E-state index in [1.807, 2.05) is 7.05 Å². The van der Waals surface area contributed by atoms with E-state index in [2.05, 4.69) is 34.5 Å². The second kappa shape index (κ2) is 10.1. The quantitative estimate of drug-likeness (QED) is 0.519. The predicted molar refractivity (Wildman–Crippen MR) is 94.0 cm³/mol. The summed E-state index contributed by atoms with van der Waals surface area (Å²) in [7, 11) is 4.04. The molecule has 23 heavy (non-hydrogen) atoms. The van der Waals surface area contributed by atoms with E-state index < -0.39 is 0 Å². The molecule has 6 heteroatoms. The van der Waals surface area contributed by atoms with E-state index in [4.69, 9.17) is 9.47 Å². The van der Waals surface area contributed by atoms with Crippen molar-refractivity contribution in [3.05, 3.63) is 0 Å². The molecular weight excluding hydrogens is 292 g/mol. The van der Waals surface area contributed by atoms with Crippen LogP contribution in [0.3, 0.4) is 0 Å². The first-order chi connectivity index (χ1) is 11.2. The SMILES string of the molecule is CN=C(NCCN(C)C1CCCC1)NC(C)COC1CCOC1. The summed E-state index contributed by atoms with van der Waals surface area (Å²) < 4.78 is 11.2. The lowest BCUT2D eigenvalue weighted by atomic mass is 10.2. The van der Waals surface area contributed by atoms with Crippen molar-refractivity contribution in [2.75, 3.05) is 47.0 Å². The molecule has 0 spiro atoms. The van der Waals surface area contributed by atoms with Crippen LogP contribution in [0.15, 0.2) is 4.99 Å². The highest BCUT2D eigenvalue weighted by molar-refractivity contribution is 5.79. The highest BCUT2D eigenvalue weighted by Gasteiger charge is 2.19. The normalized spacial score (nSPS) is 24.3. The van der Waals surface area contributed by atoms with Gasteiger partial charge in [-0.15, -0.1) is 0 Å². The third kappa shape index (κ3) is 6.65. The van der Waals surface area contributed by atoms with Gasteiger partial charge in [0.1, 0.15) is 0 Å². The molecule has 1 saturated heterocycles. The van der Waals surface area contributed by atoms with Gasteiger partial charge in [0.15, 0.2) is 5.96 Å². The summed E-state index contributed by atoms with van der Waals surface area (Å²) in [5.74, 6) is 0.851. The summed E-state index contributed by atoms with van der Waals surface area (Å²) in [5.41, 5.74) is 0. The number of nitrogens with zero attached hydrogens (tertiary/aromatic N) is 2. The van der Waals surface area contributed by atoms with Gasteiger partial charge < -0.3 is 25.0 Å². The minimum absolute atomic E-state index is 0.231. The number of hydrogen-bond donors (Lipinski definition) is 2. The second-order valence-electron chi connectivity index (χ2n) is 6.78. The molecule has 2 rings (SSSR count). The summed E-state index contributed by atoms with van der Waals surface area (Å²) in [6.07, 6.45) is 6.73. The van der Waals surface area contributed by atoms with E-state index >= 15 is 0 Å². The molecule has 0 aromatic carbocycles. The summed E-state index contributed by atoms with van der Waals surface area (Å²) >= 11 is 0. The molecule has 134 valence electrons. The number of hydrogen-bond acceptors (Lipinski definition) is 4. The van der Waals surface area contributed by atoms with Crippen LogP contribution in [0.25, 0.3) is 0 Å². The molecule has 2 aliphatic rings. The van der Waals surface area contributed by atoms with Gasteiger partial charge in [0.05, 0.1) is 19.3 Å². The number of likely N-dealkylation sites (N-methyl/N-ethyl adjacent to an activating group) is 1. The first kappa shape index (κ1) is 18.5. The minimum Gasteiger partial charge on any atom is -0.379 e. The summed E-state index contributed by atoms with van der Waals surface area (Å²) in [6, 6.07) is 1.00. The van der Waals surface area contributed by atoms with Crippen molar-refractivity contribution in [3.63, 3.8) is 0 Å². The van der Waals surface area contributed by atoms with Crippen LogP contribution < -0.4 is 10.6 Å². The van der Waals surface area contributed by atoms with Crippen LogP contribution in [0.4, 0.5) is 0 Å². The van der Waals surface area contributed by atoms with E-state index in [1.165, 1.54) is 25.7 Å². The maximum atomic E-state index is 5.84. The van der Waals surface area contributed by atoms with Gasteiger partial charge in [-0.1, -0.05) is 12.8 Å². The number of ether oxygens (including phenoxy) is 2. The Balaban J connectivity index is 1.58. The molecule has 1 aliphatic carbocycles. The third-order valence-corrected chi connectivity index (χ3v) is 4.78. The minimum atomic E-state index is 0.231.